The molecule has 0 aliphatic rings. The van der Waals surface area contributed by atoms with Crippen LogP contribution < -0.4 is 11.1 Å². The minimum atomic E-state index is -1.08. The number of nitrogens with zero attached hydrogens (tertiary/aromatic N) is 1. The molecule has 1 heterocycles. The Morgan fingerprint density at radius 2 is 2.05 bits per heavy atom. The molecule has 1 aromatic carbocycles. The van der Waals surface area contributed by atoms with Crippen molar-refractivity contribution in [3.05, 3.63) is 53.5 Å². The molecule has 0 aliphatic carbocycles. The Morgan fingerprint density at radius 3 is 2.63 bits per heavy atom. The highest BCUT2D eigenvalue weighted by molar-refractivity contribution is 5.89. The smallest absolute Gasteiger partial charge is 0.337 e. The first-order chi connectivity index (χ1) is 9.06. The van der Waals surface area contributed by atoms with E-state index < -0.39 is 5.97 Å². The molecule has 0 atom stereocenters. The predicted octanol–water partition coefficient (Wildman–Crippen LogP) is 2.11. The number of hydrogen-bond donors (Lipinski definition) is 3. The van der Waals surface area contributed by atoms with Crippen LogP contribution in [0.4, 0.5) is 15.9 Å². The van der Waals surface area contributed by atoms with Gasteiger partial charge in [0.25, 0.3) is 0 Å². The van der Waals surface area contributed by atoms with E-state index in [-0.39, 0.29) is 17.1 Å². The largest absolute Gasteiger partial charge is 0.478 e. The van der Waals surface area contributed by atoms with E-state index in [9.17, 15) is 9.18 Å². The van der Waals surface area contributed by atoms with Crippen molar-refractivity contribution in [2.24, 2.45) is 0 Å². The molecule has 5 nitrogen and oxygen atoms in total. The Labute approximate surface area is 108 Å². The third-order valence-corrected chi connectivity index (χ3v) is 2.54. The Bertz CT molecular complexity index is 599. The highest BCUT2D eigenvalue weighted by Crippen LogP contribution is 2.17. The van der Waals surface area contributed by atoms with E-state index in [0.717, 1.165) is 5.56 Å². The average molecular weight is 261 g/mol. The fourth-order valence-corrected chi connectivity index (χ4v) is 1.53. The molecule has 2 rings (SSSR count). The van der Waals surface area contributed by atoms with Gasteiger partial charge in [-0.15, -0.1) is 0 Å². The van der Waals surface area contributed by atoms with Crippen LogP contribution in [-0.2, 0) is 6.54 Å². The first-order valence-corrected chi connectivity index (χ1v) is 5.53. The summed E-state index contributed by atoms with van der Waals surface area (Å²) in [5.41, 5.74) is 6.85. The molecule has 2 aromatic rings. The molecule has 1 aromatic heterocycles. The summed E-state index contributed by atoms with van der Waals surface area (Å²) in [4.78, 5) is 14.7. The SMILES string of the molecule is Nc1cc(C(=O)O)cnc1NCc1ccc(F)cc1. The maximum Gasteiger partial charge on any atom is 0.337 e. The summed E-state index contributed by atoms with van der Waals surface area (Å²) in [6.07, 6.45) is 1.23. The third-order valence-electron chi connectivity index (χ3n) is 2.54. The lowest BCUT2D eigenvalue weighted by molar-refractivity contribution is 0.0696. The monoisotopic (exact) mass is 261 g/mol. The van der Waals surface area contributed by atoms with Crippen molar-refractivity contribution in [3.8, 4) is 0 Å². The van der Waals surface area contributed by atoms with Gasteiger partial charge in [-0.1, -0.05) is 12.1 Å². The standard InChI is InChI=1S/C13H12FN3O2/c14-10-3-1-8(2-4-10)6-16-12-11(15)5-9(7-17-12)13(18)19/h1-5,7H,6,15H2,(H,16,17)(H,18,19). The minimum Gasteiger partial charge on any atom is -0.478 e. The number of pyridine rings is 1. The van der Waals surface area contributed by atoms with Crippen LogP contribution >= 0.6 is 0 Å². The Kier molecular flexibility index (Phi) is 3.61. The van der Waals surface area contributed by atoms with Gasteiger partial charge in [-0.05, 0) is 23.8 Å². The van der Waals surface area contributed by atoms with Crippen LogP contribution in [0.5, 0.6) is 0 Å². The van der Waals surface area contributed by atoms with Crippen molar-refractivity contribution < 1.29 is 14.3 Å². The van der Waals surface area contributed by atoms with E-state index in [2.05, 4.69) is 10.3 Å². The van der Waals surface area contributed by atoms with Crippen molar-refractivity contribution in [1.29, 1.82) is 0 Å². The molecule has 0 spiro atoms. The molecule has 0 aliphatic heterocycles. The zero-order valence-corrected chi connectivity index (χ0v) is 9.93. The van der Waals surface area contributed by atoms with E-state index in [0.29, 0.717) is 12.4 Å². The second-order valence-electron chi connectivity index (χ2n) is 3.95. The maximum absolute atomic E-state index is 12.7. The molecule has 19 heavy (non-hydrogen) atoms. The molecule has 6 heteroatoms. The van der Waals surface area contributed by atoms with Gasteiger partial charge in [-0.2, -0.15) is 0 Å². The number of aromatic nitrogens is 1. The number of nitrogens with two attached hydrogens (primary N) is 1. The zero-order chi connectivity index (χ0) is 13.8. The van der Waals surface area contributed by atoms with Gasteiger partial charge >= 0.3 is 5.97 Å². The summed E-state index contributed by atoms with van der Waals surface area (Å²) in [5, 5.41) is 11.7. The number of nitrogens with one attached hydrogen (secondary N) is 1. The van der Waals surface area contributed by atoms with Crippen LogP contribution in [0, 0.1) is 5.82 Å². The number of rotatable bonds is 4. The normalized spacial score (nSPS) is 10.2. The predicted molar refractivity (Wildman–Crippen MR) is 69.3 cm³/mol. The molecule has 0 saturated heterocycles. The zero-order valence-electron chi connectivity index (χ0n) is 9.93. The van der Waals surface area contributed by atoms with E-state index in [1.807, 2.05) is 0 Å². The molecule has 4 N–H and O–H groups in total. The maximum atomic E-state index is 12.7. The summed E-state index contributed by atoms with van der Waals surface area (Å²) in [6.45, 7) is 0.421. The number of halogens is 1. The topological polar surface area (TPSA) is 88.2 Å². The van der Waals surface area contributed by atoms with E-state index in [1.165, 1.54) is 24.4 Å². The van der Waals surface area contributed by atoms with Gasteiger partial charge in [0.15, 0.2) is 0 Å². The van der Waals surface area contributed by atoms with Crippen molar-refractivity contribution in [2.45, 2.75) is 6.54 Å². The van der Waals surface area contributed by atoms with Crippen molar-refractivity contribution >= 4 is 17.5 Å². The van der Waals surface area contributed by atoms with Crippen LogP contribution in [0.15, 0.2) is 36.5 Å². The highest BCUT2D eigenvalue weighted by atomic mass is 19.1. The number of hydrogen-bond acceptors (Lipinski definition) is 4. The quantitative estimate of drug-likeness (QED) is 0.784. The third kappa shape index (κ3) is 3.19. The van der Waals surface area contributed by atoms with E-state index >= 15 is 0 Å². The summed E-state index contributed by atoms with van der Waals surface area (Å²) in [7, 11) is 0. The minimum absolute atomic E-state index is 0.0323. The summed E-state index contributed by atoms with van der Waals surface area (Å²) < 4.78 is 12.7. The molecule has 0 amide bonds. The average Bonchev–Trinajstić information content (AvgIpc) is 2.39. The van der Waals surface area contributed by atoms with Gasteiger partial charge < -0.3 is 16.2 Å². The molecule has 0 saturated carbocycles. The fraction of sp³-hybridized carbons (Fsp3) is 0.0769. The highest BCUT2D eigenvalue weighted by Gasteiger charge is 2.07. The lowest BCUT2D eigenvalue weighted by atomic mass is 10.2. The molecular weight excluding hydrogens is 249 g/mol. The molecule has 0 fully saturated rings. The molecule has 0 radical (unpaired) electrons. The van der Waals surface area contributed by atoms with Crippen LogP contribution in [0.3, 0.4) is 0 Å². The first kappa shape index (κ1) is 12.8. The number of benzene rings is 1. The number of nitrogen functional groups attached to an aromatic ring is 1. The Balaban J connectivity index is 2.07. The van der Waals surface area contributed by atoms with Gasteiger partial charge in [-0.25, -0.2) is 14.2 Å². The second kappa shape index (κ2) is 5.34. The number of carboxylic acid groups (broad SMARTS) is 1. The van der Waals surface area contributed by atoms with E-state index in [1.54, 1.807) is 12.1 Å². The molecule has 0 bridgehead atoms. The van der Waals surface area contributed by atoms with Crippen LogP contribution in [0.1, 0.15) is 15.9 Å². The van der Waals surface area contributed by atoms with Crippen LogP contribution in [-0.4, -0.2) is 16.1 Å². The summed E-state index contributed by atoms with van der Waals surface area (Å²) >= 11 is 0. The lowest BCUT2D eigenvalue weighted by Crippen LogP contribution is -2.07. The van der Waals surface area contributed by atoms with Crippen LogP contribution in [0.25, 0.3) is 0 Å². The van der Waals surface area contributed by atoms with Gasteiger partial charge in [0.2, 0.25) is 0 Å². The number of carboxylic acids is 1. The van der Waals surface area contributed by atoms with Crippen LogP contribution in [0.2, 0.25) is 0 Å². The lowest BCUT2D eigenvalue weighted by Gasteiger charge is -2.08. The van der Waals surface area contributed by atoms with Crippen molar-refractivity contribution in [2.75, 3.05) is 11.1 Å². The molecule has 98 valence electrons. The molecular formula is C13H12FN3O2. The second-order valence-corrected chi connectivity index (χ2v) is 3.95. The first-order valence-electron chi connectivity index (χ1n) is 5.53. The number of carbonyl (C=O) groups is 1. The Morgan fingerprint density at radius 1 is 1.37 bits per heavy atom. The number of anilines is 2. The Hall–Kier alpha value is -2.63. The van der Waals surface area contributed by atoms with E-state index in [4.69, 9.17) is 10.8 Å². The fourth-order valence-electron chi connectivity index (χ4n) is 1.53. The molecule has 0 unspecified atom stereocenters. The van der Waals surface area contributed by atoms with Gasteiger partial charge in [0, 0.05) is 12.7 Å². The van der Waals surface area contributed by atoms with Gasteiger partial charge in [0.1, 0.15) is 11.6 Å². The summed E-state index contributed by atoms with van der Waals surface area (Å²) in [5.74, 6) is -0.981. The van der Waals surface area contributed by atoms with Gasteiger partial charge in [-0.3, -0.25) is 0 Å². The van der Waals surface area contributed by atoms with Gasteiger partial charge in [0.05, 0.1) is 11.3 Å². The number of aromatic carboxylic acids is 1. The van der Waals surface area contributed by atoms with Crippen molar-refractivity contribution in [1.82, 2.24) is 4.98 Å². The summed E-state index contributed by atoms with van der Waals surface area (Å²) in [6, 6.07) is 7.35. The van der Waals surface area contributed by atoms with Crippen molar-refractivity contribution in [3.63, 3.8) is 0 Å².